The minimum atomic E-state index is -1.43. The van der Waals surface area contributed by atoms with Crippen LogP contribution in [0.1, 0.15) is 55.5 Å². The van der Waals surface area contributed by atoms with Crippen LogP contribution in [-0.4, -0.2) is 96.1 Å². The normalized spacial score (nSPS) is 23.5. The summed E-state index contributed by atoms with van der Waals surface area (Å²) in [4.78, 5) is 86.5. The fraction of sp³-hybridized carbons (Fsp3) is 0.410. The zero-order valence-corrected chi connectivity index (χ0v) is 30.9. The van der Waals surface area contributed by atoms with Crippen LogP contribution in [0, 0.1) is 11.7 Å². The van der Waals surface area contributed by atoms with E-state index in [1.165, 1.54) is 43.0 Å². The molecule has 5 rings (SSSR count). The predicted octanol–water partition coefficient (Wildman–Crippen LogP) is 0.606. The first-order valence-corrected chi connectivity index (χ1v) is 18.3. The molecule has 16 heteroatoms. The lowest BCUT2D eigenvalue weighted by Gasteiger charge is -2.32. The number of nitrogens with one attached hydrogen (secondary N) is 5. The van der Waals surface area contributed by atoms with Crippen molar-refractivity contribution in [3.05, 3.63) is 83.7 Å². The van der Waals surface area contributed by atoms with E-state index >= 15 is 0 Å². The van der Waals surface area contributed by atoms with E-state index < -0.39 is 65.6 Å². The summed E-state index contributed by atoms with van der Waals surface area (Å²) in [7, 11) is 0. The Morgan fingerprint density at radius 3 is 2.40 bits per heavy atom. The SMILES string of the molecule is C[C@@H]1C(=O)NC2(CC2CCN=C(N)N)C(=O)N[C@@H](Cc2ccc3ccccc3c2)C(=O)NCC(=O)N[C@H](C)C(=O)N1CCCCNC(=O)c1ccc(F)cc1. The highest BCUT2D eigenvalue weighted by molar-refractivity contribution is 6.00. The summed E-state index contributed by atoms with van der Waals surface area (Å²) in [6.07, 6.45) is 1.47. The van der Waals surface area contributed by atoms with Crippen LogP contribution >= 0.6 is 0 Å². The number of amides is 6. The van der Waals surface area contributed by atoms with Crippen LogP contribution in [0.25, 0.3) is 10.8 Å². The Hall–Kier alpha value is -6.06. The molecule has 1 saturated heterocycles. The first kappa shape index (κ1) is 40.1. The number of fused-ring (bicyclic) bond motifs is 1. The molecule has 292 valence electrons. The maximum absolute atomic E-state index is 14.2. The minimum Gasteiger partial charge on any atom is -0.370 e. The Morgan fingerprint density at radius 1 is 0.945 bits per heavy atom. The van der Waals surface area contributed by atoms with E-state index in [2.05, 4.69) is 31.6 Å². The van der Waals surface area contributed by atoms with Crippen LogP contribution in [0.2, 0.25) is 0 Å². The van der Waals surface area contributed by atoms with Crippen molar-refractivity contribution < 1.29 is 33.2 Å². The first-order chi connectivity index (χ1) is 26.3. The molecule has 1 heterocycles. The number of guanidine groups is 1. The van der Waals surface area contributed by atoms with Crippen molar-refractivity contribution in [3.63, 3.8) is 0 Å². The summed E-state index contributed by atoms with van der Waals surface area (Å²) in [5, 5.41) is 15.7. The van der Waals surface area contributed by atoms with Gasteiger partial charge in [0, 0.05) is 31.6 Å². The van der Waals surface area contributed by atoms with Gasteiger partial charge in [-0.1, -0.05) is 42.5 Å². The van der Waals surface area contributed by atoms with E-state index in [1.807, 2.05) is 42.5 Å². The molecule has 1 aliphatic carbocycles. The molecule has 2 aliphatic rings. The number of hydrogen-bond acceptors (Lipinski definition) is 7. The predicted molar refractivity (Wildman–Crippen MR) is 204 cm³/mol. The van der Waals surface area contributed by atoms with Crippen molar-refractivity contribution in [1.82, 2.24) is 31.5 Å². The average molecular weight is 758 g/mol. The van der Waals surface area contributed by atoms with Crippen molar-refractivity contribution in [2.24, 2.45) is 22.4 Å². The Balaban J connectivity index is 1.35. The largest absolute Gasteiger partial charge is 0.370 e. The molecule has 55 heavy (non-hydrogen) atoms. The van der Waals surface area contributed by atoms with Crippen LogP contribution < -0.4 is 38.1 Å². The lowest BCUT2D eigenvalue weighted by molar-refractivity contribution is -0.143. The molecule has 6 amide bonds. The Labute approximate surface area is 318 Å². The lowest BCUT2D eigenvalue weighted by atomic mass is 10.00. The Morgan fingerprint density at radius 2 is 1.67 bits per heavy atom. The third-order valence-corrected chi connectivity index (χ3v) is 10.0. The average Bonchev–Trinajstić information content (AvgIpc) is 3.86. The topological polar surface area (TPSA) is 230 Å². The van der Waals surface area contributed by atoms with E-state index in [0.717, 1.165) is 16.3 Å². The fourth-order valence-corrected chi connectivity index (χ4v) is 6.78. The number of aliphatic imine (C=N–C) groups is 1. The van der Waals surface area contributed by atoms with E-state index in [0.29, 0.717) is 24.8 Å². The molecule has 1 saturated carbocycles. The smallest absolute Gasteiger partial charge is 0.251 e. The van der Waals surface area contributed by atoms with Gasteiger partial charge in [-0.15, -0.1) is 0 Å². The molecule has 2 unspecified atom stereocenters. The highest BCUT2D eigenvalue weighted by Gasteiger charge is 2.61. The van der Waals surface area contributed by atoms with Crippen molar-refractivity contribution >= 4 is 52.2 Å². The number of nitrogens with zero attached hydrogens (tertiary/aromatic N) is 2. The van der Waals surface area contributed by atoms with E-state index in [-0.39, 0.29) is 50.3 Å². The van der Waals surface area contributed by atoms with Crippen LogP contribution in [0.15, 0.2) is 71.7 Å². The maximum Gasteiger partial charge on any atom is 0.251 e. The third kappa shape index (κ3) is 10.3. The minimum absolute atomic E-state index is 0.0811. The third-order valence-electron chi connectivity index (χ3n) is 10.0. The number of rotatable bonds is 11. The summed E-state index contributed by atoms with van der Waals surface area (Å²) in [6.45, 7) is 3.07. The van der Waals surface area contributed by atoms with E-state index in [4.69, 9.17) is 11.5 Å². The second-order valence-corrected chi connectivity index (χ2v) is 14.1. The molecule has 15 nitrogen and oxygen atoms in total. The van der Waals surface area contributed by atoms with Gasteiger partial charge in [-0.2, -0.15) is 0 Å². The highest BCUT2D eigenvalue weighted by atomic mass is 19.1. The van der Waals surface area contributed by atoms with Crippen molar-refractivity contribution in [1.29, 1.82) is 0 Å². The molecule has 1 aliphatic heterocycles. The highest BCUT2D eigenvalue weighted by Crippen LogP contribution is 2.46. The summed E-state index contributed by atoms with van der Waals surface area (Å²) in [6, 6.07) is 15.3. The number of unbranched alkanes of at least 4 members (excludes halogenated alkanes) is 1. The van der Waals surface area contributed by atoms with Crippen molar-refractivity contribution in [3.8, 4) is 0 Å². The number of halogens is 1. The molecule has 0 aromatic heterocycles. The van der Waals surface area contributed by atoms with Gasteiger partial charge in [-0.05, 0) is 86.1 Å². The van der Waals surface area contributed by atoms with Gasteiger partial charge in [0.2, 0.25) is 29.5 Å². The van der Waals surface area contributed by atoms with Gasteiger partial charge >= 0.3 is 0 Å². The van der Waals surface area contributed by atoms with Gasteiger partial charge in [-0.25, -0.2) is 4.39 Å². The number of benzene rings is 3. The summed E-state index contributed by atoms with van der Waals surface area (Å²) in [5.41, 5.74) is 10.7. The molecule has 0 bridgehead atoms. The van der Waals surface area contributed by atoms with Gasteiger partial charge < -0.3 is 43.0 Å². The van der Waals surface area contributed by atoms with Gasteiger partial charge in [0.1, 0.15) is 29.5 Å². The molecule has 3 aromatic rings. The quantitative estimate of drug-likeness (QED) is 0.0831. The van der Waals surface area contributed by atoms with E-state index in [9.17, 15) is 33.2 Å². The molecule has 0 radical (unpaired) electrons. The zero-order chi connectivity index (χ0) is 39.7. The van der Waals surface area contributed by atoms with Crippen LogP contribution in [0.3, 0.4) is 0 Å². The molecule has 9 N–H and O–H groups in total. The summed E-state index contributed by atoms with van der Waals surface area (Å²) < 4.78 is 13.3. The molecular weight excluding hydrogens is 709 g/mol. The summed E-state index contributed by atoms with van der Waals surface area (Å²) in [5.74, 6) is -4.37. The maximum atomic E-state index is 14.2. The van der Waals surface area contributed by atoms with Crippen LogP contribution in [0.4, 0.5) is 4.39 Å². The van der Waals surface area contributed by atoms with E-state index in [1.54, 1.807) is 0 Å². The standard InChI is InChI=1S/C39H48FN9O6/c1-23-36(54)49(18-6-5-16-43-34(52)27-11-13-30(40)14-12-27)24(2)33(51)48-39(21-29(39)15-17-44-38(41)42)37(55)47-31(35(53)45-22-32(50)46-23)20-25-9-10-26-7-3-4-8-28(26)19-25/h3-4,7-14,19,23-24,29,31H,5-6,15-18,20-22H2,1-2H3,(H,43,52)(H,45,53)(H,46,50)(H,47,55)(H,48,51)(H4,41,42,44)/t23-,24-,29?,31+,39?/m1/s1. The zero-order valence-electron chi connectivity index (χ0n) is 30.9. The molecule has 1 spiro atoms. The van der Waals surface area contributed by atoms with Crippen LogP contribution in [-0.2, 0) is 30.4 Å². The molecule has 2 fully saturated rings. The van der Waals surface area contributed by atoms with Gasteiger partial charge in [0.15, 0.2) is 5.96 Å². The van der Waals surface area contributed by atoms with Crippen molar-refractivity contribution in [2.75, 3.05) is 26.2 Å². The lowest BCUT2D eigenvalue weighted by Crippen LogP contribution is -2.60. The Bertz CT molecular complexity index is 1950. The molecular formula is C39H48FN9O6. The number of hydrogen-bond donors (Lipinski definition) is 7. The summed E-state index contributed by atoms with van der Waals surface area (Å²) >= 11 is 0. The second-order valence-electron chi connectivity index (χ2n) is 14.1. The second kappa shape index (κ2) is 17.8. The van der Waals surface area contributed by atoms with Gasteiger partial charge in [0.05, 0.1) is 6.54 Å². The number of carbonyl (C=O) groups is 6. The van der Waals surface area contributed by atoms with Gasteiger partial charge in [0.25, 0.3) is 5.91 Å². The molecule has 5 atom stereocenters. The fourth-order valence-electron chi connectivity index (χ4n) is 6.78. The van der Waals surface area contributed by atoms with Crippen molar-refractivity contribution in [2.45, 2.75) is 69.6 Å². The Kier molecular flexibility index (Phi) is 13.0. The molecule has 3 aromatic carbocycles. The first-order valence-electron chi connectivity index (χ1n) is 18.3. The van der Waals surface area contributed by atoms with Gasteiger partial charge in [-0.3, -0.25) is 33.8 Å². The van der Waals surface area contributed by atoms with Crippen LogP contribution in [0.5, 0.6) is 0 Å². The number of nitrogens with two attached hydrogens (primary N) is 2. The monoisotopic (exact) mass is 757 g/mol. The number of carbonyl (C=O) groups excluding carboxylic acids is 6.